The van der Waals surface area contributed by atoms with Crippen LogP contribution in [0.3, 0.4) is 0 Å². The van der Waals surface area contributed by atoms with Crippen molar-refractivity contribution in [2.75, 3.05) is 0 Å². The van der Waals surface area contributed by atoms with Crippen molar-refractivity contribution in [1.29, 1.82) is 0 Å². The highest BCUT2D eigenvalue weighted by Crippen LogP contribution is 2.16. The molecule has 62 valence electrons. The molecule has 0 saturated heterocycles. The third-order valence-electron chi connectivity index (χ3n) is 1.22. The van der Waals surface area contributed by atoms with Crippen LogP contribution in [0.15, 0.2) is 23.1 Å². The summed E-state index contributed by atoms with van der Waals surface area (Å²) >= 11 is 0. The summed E-state index contributed by atoms with van der Waals surface area (Å²) in [5.74, 6) is -0.940. The highest BCUT2D eigenvalue weighted by molar-refractivity contribution is 8.13. The van der Waals surface area contributed by atoms with Crippen LogP contribution in [-0.4, -0.2) is 16.3 Å². The molecule has 2 nitrogen and oxygen atoms in total. The van der Waals surface area contributed by atoms with E-state index in [0.717, 1.165) is 12.1 Å². The normalized spacial score (nSPS) is 11.5. The molecule has 0 heterocycles. The average molecular weight is 204 g/mol. The molecule has 1 rings (SSSR count). The standard InChI is InChI=1S/C6H3BClFO2S/c7-4-1-2-6(5(9)3-4)12(8,10)11/h1-3H. The molecule has 0 N–H and O–H groups in total. The second-order valence-corrected chi connectivity index (χ2v) is 4.66. The predicted octanol–water partition coefficient (Wildman–Crippen LogP) is 0.547. The van der Waals surface area contributed by atoms with Gasteiger partial charge in [-0.25, -0.2) is 12.8 Å². The molecule has 1 aromatic rings. The molecule has 0 unspecified atom stereocenters. The van der Waals surface area contributed by atoms with Crippen molar-refractivity contribution in [2.24, 2.45) is 0 Å². The smallest absolute Gasteiger partial charge is 0.207 e. The summed E-state index contributed by atoms with van der Waals surface area (Å²) in [6, 6.07) is 3.18. The Balaban J connectivity index is 3.39. The van der Waals surface area contributed by atoms with Gasteiger partial charge >= 0.3 is 0 Å². The number of hydrogen-bond donors (Lipinski definition) is 0. The average Bonchev–Trinajstić information content (AvgIpc) is 1.83. The Bertz CT molecular complexity index is 404. The van der Waals surface area contributed by atoms with Crippen molar-refractivity contribution in [2.45, 2.75) is 4.90 Å². The van der Waals surface area contributed by atoms with Crippen molar-refractivity contribution in [3.8, 4) is 0 Å². The Labute approximate surface area is 75.2 Å². The number of benzene rings is 1. The largest absolute Gasteiger partial charge is 0.264 e. The van der Waals surface area contributed by atoms with Gasteiger partial charge in [-0.3, -0.25) is 0 Å². The Morgan fingerprint density at radius 2 is 2.00 bits per heavy atom. The van der Waals surface area contributed by atoms with Crippen molar-refractivity contribution >= 4 is 33.0 Å². The van der Waals surface area contributed by atoms with Gasteiger partial charge in [-0.05, 0) is 12.1 Å². The minimum absolute atomic E-state index is 0.150. The molecule has 0 amide bonds. The lowest BCUT2D eigenvalue weighted by molar-refractivity contribution is 0.576. The summed E-state index contributed by atoms with van der Waals surface area (Å²) in [5, 5.41) is 0. The zero-order valence-electron chi connectivity index (χ0n) is 5.79. The highest BCUT2D eigenvalue weighted by atomic mass is 35.7. The molecule has 12 heavy (non-hydrogen) atoms. The molecule has 0 spiro atoms. The maximum atomic E-state index is 12.8. The zero-order chi connectivity index (χ0) is 9.35. The highest BCUT2D eigenvalue weighted by Gasteiger charge is 2.14. The van der Waals surface area contributed by atoms with E-state index in [4.69, 9.17) is 18.5 Å². The molecule has 0 atom stereocenters. The molecular weight excluding hydrogens is 201 g/mol. The van der Waals surface area contributed by atoms with E-state index in [-0.39, 0.29) is 5.46 Å². The maximum Gasteiger partial charge on any atom is 0.264 e. The van der Waals surface area contributed by atoms with E-state index in [2.05, 4.69) is 0 Å². The molecule has 6 heteroatoms. The third-order valence-corrected chi connectivity index (χ3v) is 2.57. The van der Waals surface area contributed by atoms with E-state index in [1.54, 1.807) is 0 Å². The van der Waals surface area contributed by atoms with Crippen LogP contribution in [0.1, 0.15) is 0 Å². The molecule has 0 aliphatic rings. The summed E-state index contributed by atoms with van der Waals surface area (Å²) in [7, 11) is 6.09. The minimum atomic E-state index is -4.01. The van der Waals surface area contributed by atoms with E-state index in [1.807, 2.05) is 0 Å². The quantitative estimate of drug-likeness (QED) is 0.494. The van der Waals surface area contributed by atoms with Gasteiger partial charge in [0, 0.05) is 10.7 Å². The van der Waals surface area contributed by atoms with E-state index in [1.165, 1.54) is 6.07 Å². The van der Waals surface area contributed by atoms with E-state index >= 15 is 0 Å². The first-order valence-electron chi connectivity index (χ1n) is 2.91. The molecule has 0 aliphatic heterocycles. The van der Waals surface area contributed by atoms with Gasteiger partial charge in [-0.1, -0.05) is 11.5 Å². The molecule has 1 aromatic carbocycles. The zero-order valence-corrected chi connectivity index (χ0v) is 7.36. The molecule has 0 aliphatic carbocycles. The lowest BCUT2D eigenvalue weighted by Gasteiger charge is -1.98. The summed E-state index contributed by atoms with van der Waals surface area (Å²) in [4.78, 5) is -0.557. The van der Waals surface area contributed by atoms with Crippen molar-refractivity contribution < 1.29 is 12.8 Å². The van der Waals surface area contributed by atoms with Crippen LogP contribution in [0.25, 0.3) is 0 Å². The lowest BCUT2D eigenvalue weighted by atomic mass is 9.97. The second kappa shape index (κ2) is 3.07. The van der Waals surface area contributed by atoms with Gasteiger partial charge < -0.3 is 0 Å². The number of halogens is 2. The Kier molecular flexibility index (Phi) is 2.44. The Morgan fingerprint density at radius 3 is 2.42 bits per heavy atom. The number of rotatable bonds is 1. The maximum absolute atomic E-state index is 12.8. The van der Waals surface area contributed by atoms with Crippen LogP contribution in [0.2, 0.25) is 0 Å². The first-order valence-corrected chi connectivity index (χ1v) is 5.22. The van der Waals surface area contributed by atoms with E-state index in [0.29, 0.717) is 0 Å². The summed E-state index contributed by atoms with van der Waals surface area (Å²) < 4.78 is 34.1. The lowest BCUT2D eigenvalue weighted by Crippen LogP contribution is -2.05. The minimum Gasteiger partial charge on any atom is -0.207 e. The topological polar surface area (TPSA) is 34.1 Å². The molecule has 0 fully saturated rings. The first kappa shape index (κ1) is 9.54. The van der Waals surface area contributed by atoms with Gasteiger partial charge in [0.05, 0.1) is 0 Å². The molecule has 2 radical (unpaired) electrons. The molecule has 0 aromatic heterocycles. The van der Waals surface area contributed by atoms with Crippen LogP contribution in [0.4, 0.5) is 4.39 Å². The third kappa shape index (κ3) is 1.98. The monoisotopic (exact) mass is 204 g/mol. The van der Waals surface area contributed by atoms with Crippen LogP contribution in [-0.2, 0) is 9.05 Å². The summed E-state index contributed by atoms with van der Waals surface area (Å²) in [6.07, 6.45) is 0. The van der Waals surface area contributed by atoms with Gasteiger partial charge in [0.15, 0.2) is 0 Å². The fourth-order valence-electron chi connectivity index (χ4n) is 0.715. The van der Waals surface area contributed by atoms with Crippen LogP contribution in [0.5, 0.6) is 0 Å². The van der Waals surface area contributed by atoms with Crippen LogP contribution < -0.4 is 5.46 Å². The van der Waals surface area contributed by atoms with Gasteiger partial charge in [0.1, 0.15) is 18.6 Å². The fraction of sp³-hybridized carbons (Fsp3) is 0. The van der Waals surface area contributed by atoms with Gasteiger partial charge in [-0.2, -0.15) is 0 Å². The van der Waals surface area contributed by atoms with Crippen molar-refractivity contribution in [3.63, 3.8) is 0 Å². The Morgan fingerprint density at radius 1 is 1.42 bits per heavy atom. The van der Waals surface area contributed by atoms with Gasteiger partial charge in [-0.15, -0.1) is 0 Å². The summed E-state index contributed by atoms with van der Waals surface area (Å²) in [5.41, 5.74) is 0.150. The number of hydrogen-bond acceptors (Lipinski definition) is 2. The summed E-state index contributed by atoms with van der Waals surface area (Å²) in [6.45, 7) is 0. The van der Waals surface area contributed by atoms with E-state index in [9.17, 15) is 12.8 Å². The molecular formula is C6H3BClFO2S. The van der Waals surface area contributed by atoms with Gasteiger partial charge in [0.25, 0.3) is 9.05 Å². The Hall–Kier alpha value is -0.545. The predicted molar refractivity (Wildman–Crippen MR) is 44.8 cm³/mol. The molecule has 0 bridgehead atoms. The SMILES string of the molecule is [B]c1ccc(S(=O)(=O)Cl)c(F)c1. The van der Waals surface area contributed by atoms with Crippen LogP contribution in [0, 0.1) is 5.82 Å². The van der Waals surface area contributed by atoms with Gasteiger partial charge in [0.2, 0.25) is 0 Å². The fourth-order valence-corrected chi connectivity index (χ4v) is 1.61. The van der Waals surface area contributed by atoms with E-state index < -0.39 is 19.8 Å². The molecule has 0 saturated carbocycles. The van der Waals surface area contributed by atoms with Crippen LogP contribution >= 0.6 is 10.7 Å². The second-order valence-electron chi connectivity index (χ2n) is 2.13. The first-order chi connectivity index (χ1) is 5.41. The van der Waals surface area contributed by atoms with Crippen molar-refractivity contribution in [3.05, 3.63) is 24.0 Å². The van der Waals surface area contributed by atoms with Crippen molar-refractivity contribution in [1.82, 2.24) is 0 Å².